The molecule has 4 aromatic rings. The van der Waals surface area contributed by atoms with E-state index in [0.29, 0.717) is 0 Å². The van der Waals surface area contributed by atoms with Crippen LogP contribution in [0, 0.1) is 0 Å². The van der Waals surface area contributed by atoms with Gasteiger partial charge in [0.25, 0.3) is 0 Å². The van der Waals surface area contributed by atoms with Gasteiger partial charge in [0.05, 0.1) is 16.1 Å². The molecule has 0 aliphatic rings. The van der Waals surface area contributed by atoms with Gasteiger partial charge in [-0.3, -0.25) is 4.98 Å². The van der Waals surface area contributed by atoms with E-state index in [4.69, 9.17) is 4.98 Å². The molecule has 0 radical (unpaired) electrons. The van der Waals surface area contributed by atoms with E-state index in [0.717, 1.165) is 21.8 Å². The molecule has 4 rings (SSSR count). The highest BCUT2D eigenvalue weighted by atomic mass is 32.2. The summed E-state index contributed by atoms with van der Waals surface area (Å²) in [4.78, 5) is 9.22. The summed E-state index contributed by atoms with van der Waals surface area (Å²) in [5, 5.41) is 3.41. The van der Waals surface area contributed by atoms with Crippen molar-refractivity contribution in [3.05, 3.63) is 78.5 Å². The third kappa shape index (κ3) is 2.55. The fraction of sp³-hybridized carbons (Fsp3) is 0.0526. The number of fused-ring (bicyclic) bond motifs is 2. The van der Waals surface area contributed by atoms with Gasteiger partial charge in [-0.1, -0.05) is 48.5 Å². The van der Waals surface area contributed by atoms with Crippen LogP contribution in [-0.4, -0.2) is 9.97 Å². The second kappa shape index (κ2) is 5.78. The van der Waals surface area contributed by atoms with Crippen molar-refractivity contribution in [3.63, 3.8) is 0 Å². The Labute approximate surface area is 133 Å². The minimum Gasteiger partial charge on any atom is -0.256 e. The van der Waals surface area contributed by atoms with Crippen molar-refractivity contribution in [2.45, 2.75) is 10.8 Å². The molecule has 0 N–H and O–H groups in total. The van der Waals surface area contributed by atoms with Gasteiger partial charge in [0.1, 0.15) is 0 Å². The highest BCUT2D eigenvalue weighted by Crippen LogP contribution is 2.26. The van der Waals surface area contributed by atoms with E-state index in [1.807, 2.05) is 24.4 Å². The van der Waals surface area contributed by atoms with Gasteiger partial charge in [-0.25, -0.2) is 4.98 Å². The van der Waals surface area contributed by atoms with Gasteiger partial charge in [-0.05, 0) is 23.8 Å². The first-order valence-electron chi connectivity index (χ1n) is 7.21. The molecule has 0 aliphatic carbocycles. The maximum absolute atomic E-state index is 4.71. The lowest BCUT2D eigenvalue weighted by molar-refractivity contribution is 1.18. The molecule has 2 aromatic heterocycles. The second-order valence-electron chi connectivity index (χ2n) is 5.12. The Morgan fingerprint density at radius 3 is 2.64 bits per heavy atom. The van der Waals surface area contributed by atoms with Crippen LogP contribution in [-0.2, 0) is 5.75 Å². The molecule has 0 aliphatic heterocycles. The summed E-state index contributed by atoms with van der Waals surface area (Å²) in [5.41, 5.74) is 3.37. The molecule has 0 saturated heterocycles. The number of para-hydroxylation sites is 2. The van der Waals surface area contributed by atoms with Gasteiger partial charge in [-0.2, -0.15) is 0 Å². The zero-order valence-corrected chi connectivity index (χ0v) is 12.8. The molecular weight excluding hydrogens is 288 g/mol. The van der Waals surface area contributed by atoms with E-state index in [1.165, 1.54) is 16.3 Å². The molecule has 3 heteroatoms. The molecule has 0 unspecified atom stereocenters. The van der Waals surface area contributed by atoms with Gasteiger partial charge in [0.15, 0.2) is 0 Å². The fourth-order valence-electron chi connectivity index (χ4n) is 2.56. The highest BCUT2D eigenvalue weighted by Gasteiger charge is 2.04. The maximum Gasteiger partial charge on any atom is 0.0970 e. The van der Waals surface area contributed by atoms with Crippen molar-refractivity contribution in [1.82, 2.24) is 9.97 Å². The summed E-state index contributed by atoms with van der Waals surface area (Å²) in [7, 11) is 0. The van der Waals surface area contributed by atoms with Crippen LogP contribution in [0.2, 0.25) is 0 Å². The zero-order valence-electron chi connectivity index (χ0n) is 11.9. The molecule has 0 fully saturated rings. The van der Waals surface area contributed by atoms with Crippen LogP contribution in [0.25, 0.3) is 21.8 Å². The number of hydrogen-bond acceptors (Lipinski definition) is 3. The van der Waals surface area contributed by atoms with Crippen LogP contribution in [0.15, 0.2) is 78.0 Å². The summed E-state index contributed by atoms with van der Waals surface area (Å²) >= 11 is 1.75. The standard InChI is InChI=1S/C19H14N2S/c1-2-9-17-14(5-1)10-11-18(21-17)22-13-16-7-3-6-15-8-4-12-20-19(15)16/h1-12H,13H2. The Bertz CT molecular complexity index is 944. The number of thioether (sulfide) groups is 1. The van der Waals surface area contributed by atoms with E-state index in [2.05, 4.69) is 53.5 Å². The molecule has 0 saturated carbocycles. The Kier molecular flexibility index (Phi) is 3.49. The van der Waals surface area contributed by atoms with Crippen LogP contribution in [0.5, 0.6) is 0 Å². The number of benzene rings is 2. The van der Waals surface area contributed by atoms with Crippen molar-refractivity contribution in [1.29, 1.82) is 0 Å². The van der Waals surface area contributed by atoms with E-state index in [-0.39, 0.29) is 0 Å². The van der Waals surface area contributed by atoms with Crippen LogP contribution >= 0.6 is 11.8 Å². The molecule has 106 valence electrons. The molecule has 0 spiro atoms. The minimum atomic E-state index is 0.875. The summed E-state index contributed by atoms with van der Waals surface area (Å²) in [5.74, 6) is 0.875. The first kappa shape index (κ1) is 13.3. The van der Waals surface area contributed by atoms with Crippen molar-refractivity contribution < 1.29 is 0 Å². The molecule has 2 heterocycles. The van der Waals surface area contributed by atoms with Crippen LogP contribution in [0.4, 0.5) is 0 Å². The Morgan fingerprint density at radius 2 is 1.64 bits per heavy atom. The first-order valence-corrected chi connectivity index (χ1v) is 8.20. The average molecular weight is 302 g/mol. The normalized spacial score (nSPS) is 11.1. The van der Waals surface area contributed by atoms with Crippen LogP contribution in [0.1, 0.15) is 5.56 Å². The third-order valence-electron chi connectivity index (χ3n) is 3.66. The molecule has 0 atom stereocenters. The molecule has 22 heavy (non-hydrogen) atoms. The van der Waals surface area contributed by atoms with E-state index >= 15 is 0 Å². The molecule has 2 nitrogen and oxygen atoms in total. The van der Waals surface area contributed by atoms with E-state index < -0.39 is 0 Å². The molecular formula is C19H14N2S. The lowest BCUT2D eigenvalue weighted by Gasteiger charge is -2.06. The van der Waals surface area contributed by atoms with Crippen molar-refractivity contribution in [2.75, 3.05) is 0 Å². The fourth-order valence-corrected chi connectivity index (χ4v) is 3.43. The van der Waals surface area contributed by atoms with E-state index in [1.54, 1.807) is 11.8 Å². The first-order chi connectivity index (χ1) is 10.9. The topological polar surface area (TPSA) is 25.8 Å². The number of rotatable bonds is 3. The monoisotopic (exact) mass is 302 g/mol. The summed E-state index contributed by atoms with van der Waals surface area (Å²) in [6, 6.07) is 22.8. The molecule has 0 bridgehead atoms. The lowest BCUT2D eigenvalue weighted by atomic mass is 10.1. The lowest BCUT2D eigenvalue weighted by Crippen LogP contribution is -1.88. The van der Waals surface area contributed by atoms with Gasteiger partial charge in [0, 0.05) is 22.7 Å². The number of nitrogens with zero attached hydrogens (tertiary/aromatic N) is 2. The van der Waals surface area contributed by atoms with E-state index in [9.17, 15) is 0 Å². The van der Waals surface area contributed by atoms with Crippen LogP contribution < -0.4 is 0 Å². The van der Waals surface area contributed by atoms with Crippen molar-refractivity contribution in [3.8, 4) is 0 Å². The average Bonchev–Trinajstić information content (AvgIpc) is 2.60. The minimum absolute atomic E-state index is 0.875. The molecule has 2 aromatic carbocycles. The zero-order chi connectivity index (χ0) is 14.8. The predicted molar refractivity (Wildman–Crippen MR) is 93.0 cm³/mol. The van der Waals surface area contributed by atoms with Gasteiger partial charge < -0.3 is 0 Å². The second-order valence-corrected chi connectivity index (χ2v) is 6.12. The maximum atomic E-state index is 4.71. The van der Waals surface area contributed by atoms with Crippen LogP contribution in [0.3, 0.4) is 0 Å². The summed E-state index contributed by atoms with van der Waals surface area (Å²) in [6.07, 6.45) is 1.85. The van der Waals surface area contributed by atoms with Crippen molar-refractivity contribution in [2.24, 2.45) is 0 Å². The number of aromatic nitrogens is 2. The quantitative estimate of drug-likeness (QED) is 0.494. The SMILES string of the molecule is c1ccc2nc(SCc3cccc4cccnc34)ccc2c1. The third-order valence-corrected chi connectivity index (χ3v) is 4.64. The van der Waals surface area contributed by atoms with Crippen molar-refractivity contribution >= 4 is 33.6 Å². The van der Waals surface area contributed by atoms with Gasteiger partial charge in [0.2, 0.25) is 0 Å². The van der Waals surface area contributed by atoms with Gasteiger partial charge >= 0.3 is 0 Å². The summed E-state index contributed by atoms with van der Waals surface area (Å²) in [6.45, 7) is 0. The Balaban J connectivity index is 1.63. The Morgan fingerprint density at radius 1 is 0.773 bits per heavy atom. The summed E-state index contributed by atoms with van der Waals surface area (Å²) < 4.78 is 0. The predicted octanol–water partition coefficient (Wildman–Crippen LogP) is 5.08. The smallest absolute Gasteiger partial charge is 0.0970 e. The number of pyridine rings is 2. The number of hydrogen-bond donors (Lipinski definition) is 0. The highest BCUT2D eigenvalue weighted by molar-refractivity contribution is 7.98. The molecule has 0 amide bonds. The largest absolute Gasteiger partial charge is 0.256 e. The van der Waals surface area contributed by atoms with Gasteiger partial charge in [-0.15, -0.1) is 11.8 Å². The Hall–Kier alpha value is -2.39.